The zero-order valence-electron chi connectivity index (χ0n) is 14.4. The first-order valence-corrected chi connectivity index (χ1v) is 8.75. The summed E-state index contributed by atoms with van der Waals surface area (Å²) in [4.78, 5) is 11.0. The van der Waals surface area contributed by atoms with Crippen LogP contribution < -0.4 is 14.6 Å². The van der Waals surface area contributed by atoms with Crippen LogP contribution in [0, 0.1) is 11.3 Å². The number of carboxylic acids is 1. The maximum Gasteiger partial charge on any atom is 0.161 e. The highest BCUT2D eigenvalue weighted by molar-refractivity contribution is 5.85. The van der Waals surface area contributed by atoms with Crippen molar-refractivity contribution < 1.29 is 19.4 Å². The monoisotopic (exact) mass is 340 g/mol. The van der Waals surface area contributed by atoms with E-state index in [9.17, 15) is 15.2 Å². The molecule has 0 saturated heterocycles. The van der Waals surface area contributed by atoms with Crippen molar-refractivity contribution in [2.75, 3.05) is 7.11 Å². The van der Waals surface area contributed by atoms with E-state index in [1.54, 1.807) is 13.2 Å². The highest BCUT2D eigenvalue weighted by Crippen LogP contribution is 2.42. The third-order valence-corrected chi connectivity index (χ3v) is 5.31. The smallest absolute Gasteiger partial charge is 0.161 e. The zero-order chi connectivity index (χ0) is 17.9. The number of hydrogen-bond donors (Lipinski definition) is 0. The summed E-state index contributed by atoms with van der Waals surface area (Å²) in [5.74, 6) is 0.174. The van der Waals surface area contributed by atoms with Crippen LogP contribution in [0.15, 0.2) is 29.8 Å². The molecule has 1 atom stereocenters. The van der Waals surface area contributed by atoms with Gasteiger partial charge in [0.25, 0.3) is 0 Å². The molecule has 3 rings (SSSR count). The lowest BCUT2D eigenvalue weighted by atomic mass is 9.71. The number of hydrogen-bond acceptors (Lipinski definition) is 5. The Morgan fingerprint density at radius 3 is 2.64 bits per heavy atom. The quantitative estimate of drug-likeness (QED) is 0.823. The van der Waals surface area contributed by atoms with Gasteiger partial charge in [-0.25, -0.2) is 0 Å². The summed E-state index contributed by atoms with van der Waals surface area (Å²) in [5.41, 5.74) is 0.387. The second-order valence-corrected chi connectivity index (χ2v) is 6.80. The molecule has 0 radical (unpaired) electrons. The highest BCUT2D eigenvalue weighted by atomic mass is 16.5. The predicted octanol–water partition coefficient (Wildman–Crippen LogP) is 2.64. The molecule has 1 unspecified atom stereocenters. The van der Waals surface area contributed by atoms with Crippen LogP contribution in [0.5, 0.6) is 11.5 Å². The Bertz CT molecular complexity index is 728. The van der Waals surface area contributed by atoms with Crippen molar-refractivity contribution in [1.82, 2.24) is 0 Å². The van der Waals surface area contributed by atoms with Gasteiger partial charge in [0.05, 0.1) is 30.7 Å². The fourth-order valence-corrected chi connectivity index (χ4v) is 3.72. The molecule has 0 spiro atoms. The van der Waals surface area contributed by atoms with Gasteiger partial charge in [-0.05, 0) is 68.2 Å². The second kappa shape index (κ2) is 7.18. The van der Waals surface area contributed by atoms with E-state index in [1.807, 2.05) is 18.2 Å². The van der Waals surface area contributed by atoms with Gasteiger partial charge >= 0.3 is 0 Å². The van der Waals surface area contributed by atoms with Gasteiger partial charge in [-0.3, -0.25) is 0 Å². The third-order valence-electron chi connectivity index (χ3n) is 5.31. The van der Waals surface area contributed by atoms with Crippen molar-refractivity contribution in [2.24, 2.45) is 0 Å². The van der Waals surface area contributed by atoms with Crippen LogP contribution in [0.2, 0.25) is 0 Å². The fraction of sp³-hybridized carbons (Fsp3) is 0.500. The van der Waals surface area contributed by atoms with Crippen LogP contribution in [0.1, 0.15) is 50.5 Å². The van der Waals surface area contributed by atoms with E-state index < -0.39 is 11.4 Å². The number of rotatable bonds is 5. The molecule has 1 saturated carbocycles. The maximum atomic E-state index is 11.0. The first kappa shape index (κ1) is 17.3. The molecule has 0 aromatic heterocycles. The van der Waals surface area contributed by atoms with Crippen LogP contribution >= 0.6 is 0 Å². The van der Waals surface area contributed by atoms with Gasteiger partial charge in [-0.15, -0.1) is 0 Å². The van der Waals surface area contributed by atoms with Crippen molar-refractivity contribution in [2.45, 2.75) is 56.5 Å². The van der Waals surface area contributed by atoms with Crippen molar-refractivity contribution in [3.63, 3.8) is 0 Å². The summed E-state index contributed by atoms with van der Waals surface area (Å²) in [5, 5.41) is 20.8. The Balaban J connectivity index is 1.90. The van der Waals surface area contributed by atoms with Gasteiger partial charge in [0, 0.05) is 0 Å². The first-order chi connectivity index (χ1) is 12.1. The van der Waals surface area contributed by atoms with Crippen LogP contribution in [-0.2, 0) is 10.2 Å². The minimum Gasteiger partial charge on any atom is -0.545 e. The van der Waals surface area contributed by atoms with Gasteiger partial charge < -0.3 is 19.4 Å². The molecule has 0 aliphatic heterocycles. The molecule has 2 aliphatic carbocycles. The Kier molecular flexibility index (Phi) is 4.98. The molecule has 132 valence electrons. The highest BCUT2D eigenvalue weighted by Gasteiger charge is 2.35. The summed E-state index contributed by atoms with van der Waals surface area (Å²) in [6, 6.07) is 7.99. The van der Waals surface area contributed by atoms with Crippen molar-refractivity contribution in [1.29, 1.82) is 5.26 Å². The van der Waals surface area contributed by atoms with E-state index in [4.69, 9.17) is 9.47 Å². The largest absolute Gasteiger partial charge is 0.545 e. The lowest BCUT2D eigenvalue weighted by Gasteiger charge is -2.31. The summed E-state index contributed by atoms with van der Waals surface area (Å²) < 4.78 is 11.5. The SMILES string of the molecule is COc1ccc(C2(C#N)CC=C(C(=O)[O-])CC2)cc1OC1CCCC1. The zero-order valence-corrected chi connectivity index (χ0v) is 14.4. The summed E-state index contributed by atoms with van der Waals surface area (Å²) >= 11 is 0. The average Bonchev–Trinajstić information content (AvgIpc) is 3.14. The third kappa shape index (κ3) is 3.48. The molecule has 0 heterocycles. The van der Waals surface area contributed by atoms with Gasteiger partial charge in [0.2, 0.25) is 0 Å². The molecule has 1 aromatic rings. The molecule has 0 bridgehead atoms. The average molecular weight is 340 g/mol. The molecule has 2 aliphatic rings. The van der Waals surface area contributed by atoms with Crippen molar-refractivity contribution >= 4 is 5.97 Å². The summed E-state index contributed by atoms with van der Waals surface area (Å²) in [6.45, 7) is 0. The number of aliphatic carboxylic acids is 1. The number of benzene rings is 1. The lowest BCUT2D eigenvalue weighted by Crippen LogP contribution is -2.32. The molecule has 0 N–H and O–H groups in total. The van der Waals surface area contributed by atoms with Gasteiger partial charge in [-0.2, -0.15) is 5.26 Å². The van der Waals surface area contributed by atoms with Gasteiger partial charge in [0.1, 0.15) is 0 Å². The van der Waals surface area contributed by atoms with Crippen molar-refractivity contribution in [3.8, 4) is 17.6 Å². The Hall–Kier alpha value is -2.48. The molecular formula is C20H22NO4-. The minimum atomic E-state index is -1.15. The standard InChI is InChI=1S/C20H23NO4/c1-24-17-7-6-15(12-18(17)25-16-4-2-3-5-16)20(13-21)10-8-14(9-11-20)19(22)23/h6-8,12,16H,2-5,9-11H2,1H3,(H,22,23)/p-1. The molecule has 0 amide bonds. The number of carboxylic acid groups (broad SMARTS) is 1. The molecule has 25 heavy (non-hydrogen) atoms. The number of nitriles is 1. The van der Waals surface area contributed by atoms with Crippen molar-refractivity contribution in [3.05, 3.63) is 35.4 Å². The van der Waals surface area contributed by atoms with E-state index >= 15 is 0 Å². The van der Waals surface area contributed by atoms with E-state index in [1.165, 1.54) is 12.8 Å². The van der Waals surface area contributed by atoms with Crippen LogP contribution in [-0.4, -0.2) is 19.2 Å². The van der Waals surface area contributed by atoms with E-state index in [2.05, 4.69) is 6.07 Å². The minimum absolute atomic E-state index is 0.193. The van der Waals surface area contributed by atoms with E-state index in [0.29, 0.717) is 30.8 Å². The number of methoxy groups -OCH3 is 1. The Labute approximate surface area is 147 Å². The topological polar surface area (TPSA) is 82.4 Å². The molecule has 5 heteroatoms. The molecule has 1 fully saturated rings. The number of carbonyl (C=O) groups is 1. The number of ether oxygens (including phenoxy) is 2. The summed E-state index contributed by atoms with van der Waals surface area (Å²) in [7, 11) is 1.60. The molecule has 1 aromatic carbocycles. The number of allylic oxidation sites excluding steroid dienone is 1. The van der Waals surface area contributed by atoms with Gasteiger partial charge in [-0.1, -0.05) is 12.1 Å². The normalized spacial score (nSPS) is 23.6. The molecule has 5 nitrogen and oxygen atoms in total. The lowest BCUT2D eigenvalue weighted by molar-refractivity contribution is -0.299. The number of carbonyl (C=O) groups excluding carboxylic acids is 1. The first-order valence-electron chi connectivity index (χ1n) is 8.75. The molecular weight excluding hydrogens is 318 g/mol. The maximum absolute atomic E-state index is 11.0. The Morgan fingerprint density at radius 1 is 1.32 bits per heavy atom. The van der Waals surface area contributed by atoms with Crippen LogP contribution in [0.4, 0.5) is 0 Å². The van der Waals surface area contributed by atoms with Crippen LogP contribution in [0.25, 0.3) is 0 Å². The van der Waals surface area contributed by atoms with Gasteiger partial charge in [0.15, 0.2) is 11.5 Å². The van der Waals surface area contributed by atoms with Crippen LogP contribution in [0.3, 0.4) is 0 Å². The van der Waals surface area contributed by atoms with E-state index in [-0.39, 0.29) is 11.7 Å². The Morgan fingerprint density at radius 2 is 2.08 bits per heavy atom. The fourth-order valence-electron chi connectivity index (χ4n) is 3.72. The predicted molar refractivity (Wildman–Crippen MR) is 90.1 cm³/mol. The second-order valence-electron chi connectivity index (χ2n) is 6.80. The number of nitrogens with zero attached hydrogens (tertiary/aromatic N) is 1. The van der Waals surface area contributed by atoms with E-state index in [0.717, 1.165) is 18.4 Å². The summed E-state index contributed by atoms with van der Waals surface area (Å²) in [6.07, 6.45) is 7.38.